The first-order chi connectivity index (χ1) is 9.47. The van der Waals surface area contributed by atoms with Crippen molar-refractivity contribution in [3.63, 3.8) is 0 Å². The third-order valence-corrected chi connectivity index (χ3v) is 3.82. The maximum absolute atomic E-state index is 6.27. The van der Waals surface area contributed by atoms with Crippen LogP contribution in [0.1, 0.15) is 18.1 Å². The minimum absolute atomic E-state index is 0.0286. The van der Waals surface area contributed by atoms with Crippen LogP contribution in [0.3, 0.4) is 0 Å². The SMILES string of the molecule is Cc1ccc(Br)cc1Oc1cccc(Cl)c1CC(C)N. The van der Waals surface area contributed by atoms with Crippen LogP contribution in [0, 0.1) is 6.92 Å². The fraction of sp³-hybridized carbons (Fsp3) is 0.250. The van der Waals surface area contributed by atoms with Gasteiger partial charge in [0.05, 0.1) is 0 Å². The van der Waals surface area contributed by atoms with Gasteiger partial charge in [0, 0.05) is 21.1 Å². The maximum Gasteiger partial charge on any atom is 0.132 e. The van der Waals surface area contributed by atoms with Crippen molar-refractivity contribution in [1.82, 2.24) is 0 Å². The van der Waals surface area contributed by atoms with Gasteiger partial charge in [-0.15, -0.1) is 0 Å². The lowest BCUT2D eigenvalue weighted by Gasteiger charge is -2.15. The molecule has 106 valence electrons. The molecule has 2 rings (SSSR count). The topological polar surface area (TPSA) is 35.2 Å². The monoisotopic (exact) mass is 353 g/mol. The van der Waals surface area contributed by atoms with Gasteiger partial charge >= 0.3 is 0 Å². The molecular weight excluding hydrogens is 338 g/mol. The van der Waals surface area contributed by atoms with E-state index in [1.165, 1.54) is 0 Å². The van der Waals surface area contributed by atoms with Gasteiger partial charge in [0.1, 0.15) is 11.5 Å². The summed E-state index contributed by atoms with van der Waals surface area (Å²) in [5.74, 6) is 1.57. The van der Waals surface area contributed by atoms with E-state index >= 15 is 0 Å². The Hall–Kier alpha value is -1.03. The summed E-state index contributed by atoms with van der Waals surface area (Å²) in [4.78, 5) is 0. The summed E-state index contributed by atoms with van der Waals surface area (Å²) in [6.45, 7) is 3.97. The van der Waals surface area contributed by atoms with Crippen molar-refractivity contribution in [1.29, 1.82) is 0 Å². The lowest BCUT2D eigenvalue weighted by atomic mass is 10.1. The molecule has 0 aliphatic heterocycles. The molecule has 0 saturated carbocycles. The molecule has 1 unspecified atom stereocenters. The Labute approximate surface area is 133 Å². The second-order valence-corrected chi connectivity index (χ2v) is 6.23. The molecule has 0 bridgehead atoms. The largest absolute Gasteiger partial charge is 0.457 e. The molecule has 1 atom stereocenters. The summed E-state index contributed by atoms with van der Waals surface area (Å²) in [5.41, 5.74) is 7.91. The van der Waals surface area contributed by atoms with Crippen LogP contribution < -0.4 is 10.5 Å². The minimum atomic E-state index is 0.0286. The van der Waals surface area contributed by atoms with Crippen LogP contribution in [0.25, 0.3) is 0 Å². The molecule has 2 nitrogen and oxygen atoms in total. The lowest BCUT2D eigenvalue weighted by Crippen LogP contribution is -2.18. The lowest BCUT2D eigenvalue weighted by molar-refractivity contribution is 0.470. The summed E-state index contributed by atoms with van der Waals surface area (Å²) in [5, 5.41) is 0.687. The predicted octanol–water partition coefficient (Wildman–Crippen LogP) is 5.09. The van der Waals surface area contributed by atoms with E-state index in [9.17, 15) is 0 Å². The van der Waals surface area contributed by atoms with Crippen LogP contribution in [-0.2, 0) is 6.42 Å². The highest BCUT2D eigenvalue weighted by Crippen LogP contribution is 2.33. The molecule has 0 saturated heterocycles. The van der Waals surface area contributed by atoms with Crippen LogP contribution in [-0.4, -0.2) is 6.04 Å². The van der Waals surface area contributed by atoms with E-state index in [1.807, 2.05) is 50.2 Å². The van der Waals surface area contributed by atoms with E-state index < -0.39 is 0 Å². The molecule has 0 amide bonds. The molecule has 0 aliphatic carbocycles. The Kier molecular flexibility index (Phi) is 5.08. The Morgan fingerprint density at radius 1 is 1.25 bits per heavy atom. The third-order valence-electron chi connectivity index (χ3n) is 2.97. The molecule has 20 heavy (non-hydrogen) atoms. The van der Waals surface area contributed by atoms with Gasteiger partial charge in [-0.25, -0.2) is 0 Å². The third kappa shape index (κ3) is 3.75. The van der Waals surface area contributed by atoms with Crippen molar-refractivity contribution in [2.75, 3.05) is 0 Å². The fourth-order valence-corrected chi connectivity index (χ4v) is 2.54. The quantitative estimate of drug-likeness (QED) is 0.829. The Morgan fingerprint density at radius 2 is 2.00 bits per heavy atom. The molecule has 4 heteroatoms. The van der Waals surface area contributed by atoms with Crippen LogP contribution in [0.2, 0.25) is 5.02 Å². The van der Waals surface area contributed by atoms with E-state index in [0.717, 1.165) is 27.1 Å². The van der Waals surface area contributed by atoms with Crippen LogP contribution >= 0.6 is 27.5 Å². The van der Waals surface area contributed by atoms with E-state index in [2.05, 4.69) is 15.9 Å². The number of hydrogen-bond acceptors (Lipinski definition) is 2. The van der Waals surface area contributed by atoms with Crippen LogP contribution in [0.4, 0.5) is 0 Å². The van der Waals surface area contributed by atoms with Gasteiger partial charge in [-0.3, -0.25) is 0 Å². The van der Waals surface area contributed by atoms with Crippen molar-refractivity contribution in [3.8, 4) is 11.5 Å². The molecule has 0 aliphatic rings. The number of hydrogen-bond donors (Lipinski definition) is 1. The summed E-state index contributed by atoms with van der Waals surface area (Å²) in [7, 11) is 0. The average Bonchev–Trinajstić information content (AvgIpc) is 2.37. The van der Waals surface area contributed by atoms with Gasteiger partial charge in [0.2, 0.25) is 0 Å². The second kappa shape index (κ2) is 6.61. The molecular formula is C16H17BrClNO. The first kappa shape index (κ1) is 15.4. The number of aryl methyl sites for hydroxylation is 1. The average molecular weight is 355 g/mol. The van der Waals surface area contributed by atoms with Crippen molar-refractivity contribution in [2.45, 2.75) is 26.3 Å². The summed E-state index contributed by atoms with van der Waals surface area (Å²) in [6.07, 6.45) is 0.683. The first-order valence-electron chi connectivity index (χ1n) is 6.44. The fourth-order valence-electron chi connectivity index (χ4n) is 1.96. The van der Waals surface area contributed by atoms with Gasteiger partial charge in [0.15, 0.2) is 0 Å². The Morgan fingerprint density at radius 3 is 2.70 bits per heavy atom. The van der Waals surface area contributed by atoms with Gasteiger partial charge in [0.25, 0.3) is 0 Å². The zero-order valence-electron chi connectivity index (χ0n) is 11.5. The highest BCUT2D eigenvalue weighted by atomic mass is 79.9. The molecule has 0 fully saturated rings. The zero-order chi connectivity index (χ0) is 14.7. The zero-order valence-corrected chi connectivity index (χ0v) is 13.8. The van der Waals surface area contributed by atoms with Crippen molar-refractivity contribution >= 4 is 27.5 Å². The smallest absolute Gasteiger partial charge is 0.132 e. The van der Waals surface area contributed by atoms with Gasteiger partial charge in [-0.2, -0.15) is 0 Å². The van der Waals surface area contributed by atoms with Crippen LogP contribution in [0.15, 0.2) is 40.9 Å². The molecule has 2 N–H and O–H groups in total. The van der Waals surface area contributed by atoms with E-state index in [1.54, 1.807) is 0 Å². The highest BCUT2D eigenvalue weighted by Gasteiger charge is 2.12. The van der Waals surface area contributed by atoms with Crippen LogP contribution in [0.5, 0.6) is 11.5 Å². The highest BCUT2D eigenvalue weighted by molar-refractivity contribution is 9.10. The summed E-state index contributed by atoms with van der Waals surface area (Å²) in [6, 6.07) is 11.6. The Bertz CT molecular complexity index is 613. The number of rotatable bonds is 4. The van der Waals surface area contributed by atoms with Crippen molar-refractivity contribution in [2.24, 2.45) is 5.73 Å². The molecule has 0 radical (unpaired) electrons. The normalized spacial score (nSPS) is 12.2. The van der Waals surface area contributed by atoms with E-state index in [4.69, 9.17) is 22.1 Å². The summed E-state index contributed by atoms with van der Waals surface area (Å²) < 4.78 is 7.01. The number of ether oxygens (including phenoxy) is 1. The second-order valence-electron chi connectivity index (χ2n) is 4.91. The predicted molar refractivity (Wildman–Crippen MR) is 87.8 cm³/mol. The van der Waals surface area contributed by atoms with Gasteiger partial charge in [-0.1, -0.05) is 39.7 Å². The first-order valence-corrected chi connectivity index (χ1v) is 7.61. The molecule has 0 heterocycles. The standard InChI is InChI=1S/C16H17BrClNO/c1-10-6-7-12(17)9-16(10)20-15-5-3-4-14(18)13(15)8-11(2)19/h3-7,9,11H,8,19H2,1-2H3. The minimum Gasteiger partial charge on any atom is -0.457 e. The molecule has 0 aromatic heterocycles. The van der Waals surface area contributed by atoms with Gasteiger partial charge in [-0.05, 0) is 50.1 Å². The van der Waals surface area contributed by atoms with E-state index in [-0.39, 0.29) is 6.04 Å². The Balaban J connectivity index is 2.38. The number of benzene rings is 2. The van der Waals surface area contributed by atoms with Crippen molar-refractivity contribution < 1.29 is 4.74 Å². The molecule has 2 aromatic carbocycles. The molecule has 0 spiro atoms. The number of halogens is 2. The van der Waals surface area contributed by atoms with E-state index in [0.29, 0.717) is 11.4 Å². The summed E-state index contributed by atoms with van der Waals surface area (Å²) >= 11 is 9.72. The maximum atomic E-state index is 6.27. The van der Waals surface area contributed by atoms with Crippen molar-refractivity contribution in [3.05, 3.63) is 57.0 Å². The number of nitrogens with two attached hydrogens (primary N) is 1. The molecule has 2 aromatic rings. The van der Waals surface area contributed by atoms with Gasteiger partial charge < -0.3 is 10.5 Å².